The highest BCUT2D eigenvalue weighted by Gasteiger charge is 2.18. The molecule has 9 heteroatoms. The summed E-state index contributed by atoms with van der Waals surface area (Å²) in [4.78, 5) is 26.7. The molecule has 0 atom stereocenters. The maximum absolute atomic E-state index is 13.5. The van der Waals surface area contributed by atoms with Gasteiger partial charge in [-0.15, -0.1) is 11.3 Å². The van der Waals surface area contributed by atoms with Crippen LogP contribution in [-0.4, -0.2) is 17.6 Å². The van der Waals surface area contributed by atoms with Gasteiger partial charge in [0, 0.05) is 10.6 Å². The van der Waals surface area contributed by atoms with Crippen LogP contribution in [0.4, 0.5) is 5.69 Å². The van der Waals surface area contributed by atoms with E-state index in [1.165, 1.54) is 16.7 Å². The Labute approximate surface area is 214 Å². The zero-order valence-corrected chi connectivity index (χ0v) is 20.6. The van der Waals surface area contributed by atoms with Crippen LogP contribution in [0.5, 0.6) is 5.75 Å². The highest BCUT2D eigenvalue weighted by Crippen LogP contribution is 2.26. The molecule has 0 aliphatic rings. The average molecular weight is 522 g/mol. The molecule has 1 aromatic heterocycles. The van der Waals surface area contributed by atoms with Gasteiger partial charge >= 0.3 is 0 Å². The zero-order valence-electron chi connectivity index (χ0n) is 18.3. The van der Waals surface area contributed by atoms with E-state index in [1.807, 2.05) is 30.3 Å². The van der Waals surface area contributed by atoms with Crippen LogP contribution in [0, 0.1) is 11.3 Å². The number of nitrogens with zero attached hydrogens (tertiary/aromatic N) is 2. The van der Waals surface area contributed by atoms with Gasteiger partial charge in [-0.25, -0.2) is 0 Å². The number of hydrogen-bond acceptors (Lipinski definition) is 5. The summed E-state index contributed by atoms with van der Waals surface area (Å²) < 4.78 is 7.25. The number of aromatic nitrogens is 1. The van der Waals surface area contributed by atoms with Crippen molar-refractivity contribution in [1.29, 1.82) is 5.26 Å². The highest BCUT2D eigenvalue weighted by molar-refractivity contribution is 7.07. The number of anilines is 1. The number of benzene rings is 3. The minimum atomic E-state index is -0.716. The number of hydrogen-bond donors (Lipinski definition) is 1. The maximum atomic E-state index is 13.5. The van der Waals surface area contributed by atoms with Crippen molar-refractivity contribution in [2.45, 2.75) is 0 Å². The molecule has 0 radical (unpaired) electrons. The van der Waals surface area contributed by atoms with Gasteiger partial charge in [-0.3, -0.25) is 14.2 Å². The van der Waals surface area contributed by atoms with Gasteiger partial charge in [-0.2, -0.15) is 5.26 Å². The Bertz CT molecular complexity index is 1640. The molecule has 0 aliphatic carbocycles. The third-order valence-corrected chi connectivity index (χ3v) is 6.65. The summed E-state index contributed by atoms with van der Waals surface area (Å²) in [5, 5.41) is 13.2. The zero-order chi connectivity index (χ0) is 24.9. The van der Waals surface area contributed by atoms with Crippen molar-refractivity contribution in [3.05, 3.63) is 108 Å². The summed E-state index contributed by atoms with van der Waals surface area (Å²) in [5.74, 6) is -0.127. The van der Waals surface area contributed by atoms with Gasteiger partial charge < -0.3 is 10.1 Å². The summed E-state index contributed by atoms with van der Waals surface area (Å²) in [5.41, 5.74) is 0.844. The maximum Gasteiger partial charge on any atom is 0.273 e. The van der Waals surface area contributed by atoms with Gasteiger partial charge in [0.1, 0.15) is 16.5 Å². The molecule has 0 saturated heterocycles. The number of nitrogens with one attached hydrogen (secondary N) is 1. The Morgan fingerprint density at radius 2 is 1.80 bits per heavy atom. The predicted octanol–water partition coefficient (Wildman–Crippen LogP) is 4.36. The van der Waals surface area contributed by atoms with Crippen molar-refractivity contribution in [3.8, 4) is 17.5 Å². The van der Waals surface area contributed by atoms with Gasteiger partial charge in [-0.05, 0) is 42.5 Å². The van der Waals surface area contributed by atoms with E-state index in [0.717, 1.165) is 11.3 Å². The van der Waals surface area contributed by atoms with Gasteiger partial charge in [0.2, 0.25) is 0 Å². The largest absolute Gasteiger partial charge is 0.496 e. The molecule has 35 heavy (non-hydrogen) atoms. The van der Waals surface area contributed by atoms with Crippen molar-refractivity contribution >= 4 is 57.8 Å². The Hall–Kier alpha value is -3.83. The third-order valence-electron chi connectivity index (χ3n) is 4.99. The number of ether oxygens (including phenoxy) is 1. The van der Waals surface area contributed by atoms with Crippen LogP contribution in [0.25, 0.3) is 17.3 Å². The topological polar surface area (TPSA) is 84.1 Å². The second-order valence-corrected chi connectivity index (χ2v) is 9.07. The van der Waals surface area contributed by atoms with Crippen molar-refractivity contribution in [3.63, 3.8) is 0 Å². The minimum absolute atomic E-state index is 0.181. The van der Waals surface area contributed by atoms with E-state index in [9.17, 15) is 14.9 Å². The second kappa shape index (κ2) is 10.6. The summed E-state index contributed by atoms with van der Waals surface area (Å²) in [6, 6.07) is 22.6. The Kier molecular flexibility index (Phi) is 7.37. The molecule has 1 N–H and O–H groups in total. The predicted molar refractivity (Wildman–Crippen MR) is 140 cm³/mol. The van der Waals surface area contributed by atoms with Crippen LogP contribution >= 0.6 is 34.5 Å². The lowest BCUT2D eigenvalue weighted by atomic mass is 10.2. The van der Waals surface area contributed by atoms with E-state index < -0.39 is 5.91 Å². The second-order valence-electron chi connectivity index (χ2n) is 7.20. The average Bonchev–Trinajstić information content (AvgIpc) is 3.18. The standard InChI is InChI=1S/C26H17Cl2N3O3S/c1-34-22-10-6-5-7-16(22)13-23-25(33)31(18-8-3-2-4-9-18)26(35-23)19(15-29)24(32)30-21-14-17(27)11-12-20(21)28/h2-14H,1H3,(H,30,32). The monoisotopic (exact) mass is 521 g/mol. The molecule has 0 aliphatic heterocycles. The van der Waals surface area contributed by atoms with Crippen LogP contribution < -0.4 is 24.8 Å². The Balaban J connectivity index is 1.97. The molecular weight excluding hydrogens is 505 g/mol. The molecular formula is C26H17Cl2N3O3S. The van der Waals surface area contributed by atoms with E-state index in [2.05, 4.69) is 5.32 Å². The van der Waals surface area contributed by atoms with Gasteiger partial charge in [0.15, 0.2) is 5.57 Å². The molecule has 4 rings (SSSR count). The van der Waals surface area contributed by atoms with E-state index in [-0.39, 0.29) is 26.5 Å². The molecule has 6 nitrogen and oxygen atoms in total. The molecule has 0 spiro atoms. The number of carbonyl (C=O) groups excluding carboxylic acids is 1. The Morgan fingerprint density at radius 3 is 2.51 bits per heavy atom. The van der Waals surface area contributed by atoms with E-state index in [0.29, 0.717) is 26.6 Å². The fourth-order valence-corrected chi connectivity index (χ4v) is 4.79. The fraction of sp³-hybridized carbons (Fsp3) is 0.0385. The van der Waals surface area contributed by atoms with E-state index in [1.54, 1.807) is 49.6 Å². The van der Waals surface area contributed by atoms with Crippen LogP contribution in [0.1, 0.15) is 5.56 Å². The lowest BCUT2D eigenvalue weighted by Crippen LogP contribution is -2.32. The smallest absolute Gasteiger partial charge is 0.273 e. The summed E-state index contributed by atoms with van der Waals surface area (Å²) >= 11 is 13.2. The molecule has 3 aromatic carbocycles. The molecule has 174 valence electrons. The highest BCUT2D eigenvalue weighted by atomic mass is 35.5. The lowest BCUT2D eigenvalue weighted by Gasteiger charge is -2.07. The molecule has 0 saturated carbocycles. The van der Waals surface area contributed by atoms with Crippen molar-refractivity contribution in [1.82, 2.24) is 4.57 Å². The van der Waals surface area contributed by atoms with Crippen LogP contribution in [-0.2, 0) is 4.79 Å². The number of amides is 1. The van der Waals surface area contributed by atoms with Gasteiger partial charge in [0.25, 0.3) is 11.5 Å². The molecule has 0 fully saturated rings. The van der Waals surface area contributed by atoms with Crippen molar-refractivity contribution in [2.24, 2.45) is 0 Å². The number of rotatable bonds is 5. The van der Waals surface area contributed by atoms with Crippen molar-refractivity contribution in [2.75, 3.05) is 12.4 Å². The number of carbonyl (C=O) groups is 1. The molecule has 4 aromatic rings. The summed E-state index contributed by atoms with van der Waals surface area (Å²) in [6.07, 6.45) is 1.68. The molecule has 0 bridgehead atoms. The first-order chi connectivity index (χ1) is 16.9. The number of halogens is 2. The molecule has 1 amide bonds. The number of nitriles is 1. The van der Waals surface area contributed by atoms with Gasteiger partial charge in [0.05, 0.1) is 28.0 Å². The van der Waals surface area contributed by atoms with Crippen LogP contribution in [0.2, 0.25) is 10.0 Å². The minimum Gasteiger partial charge on any atom is -0.496 e. The fourth-order valence-electron chi connectivity index (χ4n) is 3.36. The lowest BCUT2D eigenvalue weighted by molar-refractivity contribution is -0.111. The van der Waals surface area contributed by atoms with E-state index >= 15 is 0 Å². The number of methoxy groups -OCH3 is 1. The van der Waals surface area contributed by atoms with Crippen LogP contribution in [0.3, 0.4) is 0 Å². The summed E-state index contributed by atoms with van der Waals surface area (Å²) in [6.45, 7) is 0. The number of para-hydroxylation sites is 2. The van der Waals surface area contributed by atoms with Gasteiger partial charge in [-0.1, -0.05) is 59.6 Å². The Morgan fingerprint density at radius 1 is 1.09 bits per heavy atom. The first-order valence-electron chi connectivity index (χ1n) is 10.3. The first-order valence-corrected chi connectivity index (χ1v) is 11.8. The first kappa shape index (κ1) is 24.3. The molecule has 0 unspecified atom stereocenters. The third kappa shape index (κ3) is 5.15. The van der Waals surface area contributed by atoms with Crippen LogP contribution in [0.15, 0.2) is 77.6 Å². The summed E-state index contributed by atoms with van der Waals surface area (Å²) in [7, 11) is 1.54. The molecule has 1 heterocycles. The number of thiazole rings is 1. The normalized spacial score (nSPS) is 12.1. The van der Waals surface area contributed by atoms with E-state index in [4.69, 9.17) is 27.9 Å². The quantitative estimate of drug-likeness (QED) is 0.423. The SMILES string of the molecule is COc1ccccc1C=c1sc(=C(C#N)C(=O)Nc2cc(Cl)ccc2Cl)n(-c2ccccc2)c1=O. The van der Waals surface area contributed by atoms with Crippen molar-refractivity contribution < 1.29 is 9.53 Å².